The van der Waals surface area contributed by atoms with Gasteiger partial charge in [-0.2, -0.15) is 0 Å². The standard InChI is InChI=1S/C24H23FN2O.ClH/c1-17-18(2)27(16-6-9-19-7-4-3-5-8-19)23-22(17)14-15-26-24(23)28-21-12-10-20(25)11-13-21;/h3-5,7-8,10-15H,6,9,16H2,1-2H3;1H. The molecule has 0 radical (unpaired) electrons. The molecule has 0 aliphatic heterocycles. The first-order valence-electron chi connectivity index (χ1n) is 9.55. The highest BCUT2D eigenvalue weighted by molar-refractivity contribution is 5.89. The predicted molar refractivity (Wildman–Crippen MR) is 118 cm³/mol. The van der Waals surface area contributed by atoms with Gasteiger partial charge in [0, 0.05) is 23.8 Å². The minimum absolute atomic E-state index is 0. The Morgan fingerprint density at radius 2 is 1.69 bits per heavy atom. The minimum Gasteiger partial charge on any atom is -0.437 e. The van der Waals surface area contributed by atoms with Crippen molar-refractivity contribution in [1.29, 1.82) is 0 Å². The molecular weight excluding hydrogens is 387 g/mol. The van der Waals surface area contributed by atoms with E-state index in [9.17, 15) is 4.39 Å². The molecule has 4 aromatic rings. The summed E-state index contributed by atoms with van der Waals surface area (Å²) in [5.41, 5.74) is 4.80. The molecule has 150 valence electrons. The summed E-state index contributed by atoms with van der Waals surface area (Å²) in [4.78, 5) is 4.47. The maximum Gasteiger partial charge on any atom is 0.244 e. The summed E-state index contributed by atoms with van der Waals surface area (Å²) in [6.07, 6.45) is 3.81. The van der Waals surface area contributed by atoms with E-state index in [1.165, 1.54) is 29.0 Å². The summed E-state index contributed by atoms with van der Waals surface area (Å²) in [7, 11) is 0. The number of aryl methyl sites for hydroxylation is 3. The quantitative estimate of drug-likeness (QED) is 0.356. The predicted octanol–water partition coefficient (Wildman–Crippen LogP) is 6.64. The van der Waals surface area contributed by atoms with E-state index in [0.29, 0.717) is 11.6 Å². The molecule has 29 heavy (non-hydrogen) atoms. The molecule has 0 spiro atoms. The maximum absolute atomic E-state index is 13.2. The van der Waals surface area contributed by atoms with Gasteiger partial charge in [-0.1, -0.05) is 30.3 Å². The number of hydrogen-bond donors (Lipinski definition) is 0. The molecular formula is C24H24ClFN2O. The highest BCUT2D eigenvalue weighted by Crippen LogP contribution is 2.33. The Hall–Kier alpha value is -2.85. The van der Waals surface area contributed by atoms with Gasteiger partial charge in [0.15, 0.2) is 0 Å². The Balaban J connectivity index is 0.00000240. The summed E-state index contributed by atoms with van der Waals surface area (Å²) in [6, 6.07) is 18.6. The van der Waals surface area contributed by atoms with Crippen molar-refractivity contribution >= 4 is 23.3 Å². The summed E-state index contributed by atoms with van der Waals surface area (Å²) >= 11 is 0. The molecule has 4 rings (SSSR count). The van der Waals surface area contributed by atoms with E-state index >= 15 is 0 Å². The third-order valence-electron chi connectivity index (χ3n) is 5.23. The van der Waals surface area contributed by atoms with Crippen molar-refractivity contribution in [2.45, 2.75) is 33.2 Å². The molecule has 0 aliphatic rings. The van der Waals surface area contributed by atoms with Crippen LogP contribution >= 0.6 is 12.4 Å². The van der Waals surface area contributed by atoms with Gasteiger partial charge in [0.05, 0.1) is 0 Å². The average Bonchev–Trinajstić information content (AvgIpc) is 2.96. The lowest BCUT2D eigenvalue weighted by molar-refractivity contribution is 0.463. The van der Waals surface area contributed by atoms with Crippen molar-refractivity contribution in [2.24, 2.45) is 0 Å². The highest BCUT2D eigenvalue weighted by atomic mass is 35.5. The topological polar surface area (TPSA) is 27.1 Å². The summed E-state index contributed by atoms with van der Waals surface area (Å²) < 4.78 is 21.5. The first-order valence-corrected chi connectivity index (χ1v) is 9.55. The smallest absolute Gasteiger partial charge is 0.244 e. The molecule has 0 N–H and O–H groups in total. The summed E-state index contributed by atoms with van der Waals surface area (Å²) in [6.45, 7) is 5.16. The van der Waals surface area contributed by atoms with E-state index in [0.717, 1.165) is 30.3 Å². The van der Waals surface area contributed by atoms with Crippen LogP contribution in [-0.2, 0) is 13.0 Å². The minimum atomic E-state index is -0.283. The molecule has 0 bridgehead atoms. The lowest BCUT2D eigenvalue weighted by Gasteiger charge is -2.12. The molecule has 0 fully saturated rings. The zero-order chi connectivity index (χ0) is 19.5. The largest absolute Gasteiger partial charge is 0.437 e. The monoisotopic (exact) mass is 410 g/mol. The van der Waals surface area contributed by atoms with Crippen LogP contribution in [0.4, 0.5) is 4.39 Å². The Labute approximate surface area is 176 Å². The van der Waals surface area contributed by atoms with Crippen molar-refractivity contribution in [3.8, 4) is 11.6 Å². The fraction of sp³-hybridized carbons (Fsp3) is 0.208. The SMILES string of the molecule is Cc1c(C)n(CCCc2ccccc2)c2c(Oc3ccc(F)cc3)nccc12.Cl. The average molecular weight is 411 g/mol. The van der Waals surface area contributed by atoms with Crippen molar-refractivity contribution in [3.63, 3.8) is 0 Å². The third-order valence-corrected chi connectivity index (χ3v) is 5.23. The zero-order valence-electron chi connectivity index (χ0n) is 16.6. The molecule has 0 amide bonds. The van der Waals surface area contributed by atoms with Gasteiger partial charge >= 0.3 is 0 Å². The zero-order valence-corrected chi connectivity index (χ0v) is 17.4. The lowest BCUT2D eigenvalue weighted by atomic mass is 10.1. The van der Waals surface area contributed by atoms with Crippen LogP contribution in [0.1, 0.15) is 23.2 Å². The van der Waals surface area contributed by atoms with Crippen LogP contribution in [0, 0.1) is 19.7 Å². The molecule has 2 aromatic heterocycles. The van der Waals surface area contributed by atoms with Gasteiger partial charge in [-0.3, -0.25) is 0 Å². The first kappa shape index (κ1) is 20.9. The molecule has 0 saturated carbocycles. The number of hydrogen-bond acceptors (Lipinski definition) is 2. The van der Waals surface area contributed by atoms with E-state index < -0.39 is 0 Å². The van der Waals surface area contributed by atoms with Crippen molar-refractivity contribution < 1.29 is 9.13 Å². The molecule has 0 unspecified atom stereocenters. The van der Waals surface area contributed by atoms with Gasteiger partial charge in [0.25, 0.3) is 0 Å². The Kier molecular flexibility index (Phi) is 6.55. The van der Waals surface area contributed by atoms with Crippen LogP contribution in [0.3, 0.4) is 0 Å². The van der Waals surface area contributed by atoms with E-state index in [4.69, 9.17) is 4.74 Å². The number of aromatic nitrogens is 2. The van der Waals surface area contributed by atoms with Crippen LogP contribution < -0.4 is 4.74 Å². The second kappa shape index (κ2) is 9.10. The molecule has 0 atom stereocenters. The number of halogens is 2. The van der Waals surface area contributed by atoms with Gasteiger partial charge in [-0.25, -0.2) is 9.37 Å². The van der Waals surface area contributed by atoms with Crippen molar-refractivity contribution in [1.82, 2.24) is 9.55 Å². The van der Waals surface area contributed by atoms with Crippen LogP contribution in [0.25, 0.3) is 10.9 Å². The Morgan fingerprint density at radius 3 is 2.41 bits per heavy atom. The number of nitrogens with zero attached hydrogens (tertiary/aromatic N) is 2. The molecule has 0 aliphatic carbocycles. The first-order chi connectivity index (χ1) is 13.6. The number of benzene rings is 2. The van der Waals surface area contributed by atoms with Crippen LogP contribution in [-0.4, -0.2) is 9.55 Å². The Bertz CT molecular complexity index is 1090. The van der Waals surface area contributed by atoms with Gasteiger partial charge in [0.2, 0.25) is 5.88 Å². The molecule has 5 heteroatoms. The van der Waals surface area contributed by atoms with Crippen LogP contribution in [0.15, 0.2) is 66.9 Å². The van der Waals surface area contributed by atoms with Crippen molar-refractivity contribution in [3.05, 3.63) is 89.5 Å². The number of rotatable bonds is 6. The van der Waals surface area contributed by atoms with Gasteiger partial charge in [-0.05, 0) is 68.1 Å². The Morgan fingerprint density at radius 1 is 0.966 bits per heavy atom. The van der Waals surface area contributed by atoms with E-state index in [1.54, 1.807) is 18.3 Å². The highest BCUT2D eigenvalue weighted by Gasteiger charge is 2.16. The summed E-state index contributed by atoms with van der Waals surface area (Å²) in [5, 5.41) is 1.14. The molecule has 2 heterocycles. The van der Waals surface area contributed by atoms with E-state index in [1.807, 2.05) is 12.1 Å². The fourth-order valence-electron chi connectivity index (χ4n) is 3.62. The second-order valence-electron chi connectivity index (χ2n) is 7.02. The van der Waals surface area contributed by atoms with E-state index in [2.05, 4.69) is 47.7 Å². The van der Waals surface area contributed by atoms with Crippen molar-refractivity contribution in [2.75, 3.05) is 0 Å². The third kappa shape index (κ3) is 4.43. The van der Waals surface area contributed by atoms with E-state index in [-0.39, 0.29) is 18.2 Å². The summed E-state index contributed by atoms with van der Waals surface area (Å²) in [5.74, 6) is 0.850. The second-order valence-corrected chi connectivity index (χ2v) is 7.02. The number of fused-ring (bicyclic) bond motifs is 1. The van der Waals surface area contributed by atoms with Gasteiger partial charge in [-0.15, -0.1) is 12.4 Å². The molecule has 0 saturated heterocycles. The molecule has 3 nitrogen and oxygen atoms in total. The maximum atomic E-state index is 13.2. The lowest BCUT2D eigenvalue weighted by Crippen LogP contribution is -2.03. The number of pyridine rings is 1. The van der Waals surface area contributed by atoms with Crippen LogP contribution in [0.5, 0.6) is 11.6 Å². The van der Waals surface area contributed by atoms with Crippen LogP contribution in [0.2, 0.25) is 0 Å². The van der Waals surface area contributed by atoms with Gasteiger partial charge < -0.3 is 9.30 Å². The fourth-order valence-corrected chi connectivity index (χ4v) is 3.62. The van der Waals surface area contributed by atoms with Gasteiger partial charge in [0.1, 0.15) is 17.1 Å². The number of ether oxygens (including phenoxy) is 1. The molecule has 2 aromatic carbocycles. The normalized spacial score (nSPS) is 10.7.